The van der Waals surface area contributed by atoms with E-state index in [1.54, 1.807) is 18.2 Å². The third-order valence-corrected chi connectivity index (χ3v) is 7.66. The number of hydrogen-bond acceptors (Lipinski definition) is 1. The average molecular weight is 522 g/mol. The van der Waals surface area contributed by atoms with Crippen molar-refractivity contribution >= 4 is 27.5 Å². The smallest absolute Gasteiger partial charge is 0.196 e. The van der Waals surface area contributed by atoms with E-state index in [0.717, 1.165) is 49.7 Å². The van der Waals surface area contributed by atoms with Crippen molar-refractivity contribution in [1.82, 2.24) is 4.57 Å². The van der Waals surface area contributed by atoms with Gasteiger partial charge in [-0.2, -0.15) is 5.26 Å². The van der Waals surface area contributed by atoms with Crippen LogP contribution < -0.4 is 0 Å². The average Bonchev–Trinajstić information content (AvgIpc) is 3.38. The maximum atomic E-state index is 9.86. The van der Waals surface area contributed by atoms with Crippen molar-refractivity contribution in [2.45, 2.75) is 0 Å². The Morgan fingerprint density at radius 1 is 0.537 bits per heavy atom. The second-order valence-corrected chi connectivity index (χ2v) is 10.0. The summed E-state index contributed by atoms with van der Waals surface area (Å²) in [7, 11) is 0. The molecule has 1 heterocycles. The number of nitrogens with zero attached hydrogens (tertiary/aromatic N) is 3. The van der Waals surface area contributed by atoms with Gasteiger partial charge in [0, 0.05) is 27.6 Å². The van der Waals surface area contributed by atoms with E-state index in [-0.39, 0.29) is 0 Å². The third kappa shape index (κ3) is 4.14. The highest BCUT2D eigenvalue weighted by Gasteiger charge is 2.17. The van der Waals surface area contributed by atoms with Gasteiger partial charge in [-0.25, -0.2) is 4.85 Å². The van der Waals surface area contributed by atoms with Crippen LogP contribution in [0.2, 0.25) is 0 Å². The molecule has 1 aromatic heterocycles. The molecule has 0 N–H and O–H groups in total. The van der Waals surface area contributed by atoms with Gasteiger partial charge in [-0.1, -0.05) is 97.1 Å². The quantitative estimate of drug-likeness (QED) is 0.212. The molecule has 0 unspecified atom stereocenters. The lowest BCUT2D eigenvalue weighted by atomic mass is 9.96. The zero-order valence-corrected chi connectivity index (χ0v) is 22.1. The Hall–Kier alpha value is -5.90. The lowest BCUT2D eigenvalue weighted by Gasteiger charge is -2.11. The van der Waals surface area contributed by atoms with Crippen LogP contribution in [0.3, 0.4) is 0 Å². The third-order valence-electron chi connectivity index (χ3n) is 7.66. The minimum Gasteiger partial charge on any atom is -0.309 e. The Labute approximate surface area is 238 Å². The van der Waals surface area contributed by atoms with E-state index in [4.69, 9.17) is 6.57 Å². The molecule has 0 saturated heterocycles. The maximum absolute atomic E-state index is 9.86. The van der Waals surface area contributed by atoms with Gasteiger partial charge < -0.3 is 4.57 Å². The first kappa shape index (κ1) is 24.2. The summed E-state index contributed by atoms with van der Waals surface area (Å²) < 4.78 is 2.31. The summed E-state index contributed by atoms with van der Waals surface area (Å²) >= 11 is 0. The van der Waals surface area contributed by atoms with E-state index >= 15 is 0 Å². The molecular formula is C38H23N3. The molecule has 190 valence electrons. The summed E-state index contributed by atoms with van der Waals surface area (Å²) in [5, 5.41) is 12.1. The monoisotopic (exact) mass is 521 g/mol. The summed E-state index contributed by atoms with van der Waals surface area (Å²) in [6, 6.07) is 49.9. The van der Waals surface area contributed by atoms with Crippen LogP contribution in [0, 0.1) is 17.9 Å². The Bertz CT molecular complexity index is 2130. The molecule has 7 rings (SSSR count). The Balaban J connectivity index is 1.52. The van der Waals surface area contributed by atoms with E-state index in [2.05, 4.69) is 119 Å². The van der Waals surface area contributed by atoms with Gasteiger partial charge in [0.2, 0.25) is 0 Å². The summed E-state index contributed by atoms with van der Waals surface area (Å²) in [6.45, 7) is 7.74. The molecule has 0 saturated carbocycles. The van der Waals surface area contributed by atoms with E-state index in [1.165, 1.54) is 5.56 Å². The topological polar surface area (TPSA) is 33.1 Å². The molecular weight excluding hydrogens is 498 g/mol. The van der Waals surface area contributed by atoms with Crippen LogP contribution in [0.1, 0.15) is 5.56 Å². The molecule has 3 heteroatoms. The largest absolute Gasteiger partial charge is 0.309 e. The second kappa shape index (κ2) is 10.0. The van der Waals surface area contributed by atoms with E-state index < -0.39 is 0 Å². The van der Waals surface area contributed by atoms with Crippen molar-refractivity contribution in [1.29, 1.82) is 5.26 Å². The molecule has 0 aliphatic rings. The van der Waals surface area contributed by atoms with Crippen molar-refractivity contribution in [3.63, 3.8) is 0 Å². The molecule has 7 aromatic rings. The summed E-state index contributed by atoms with van der Waals surface area (Å²) in [5.74, 6) is 0. The molecule has 0 spiro atoms. The van der Waals surface area contributed by atoms with Crippen molar-refractivity contribution in [3.05, 3.63) is 157 Å². The van der Waals surface area contributed by atoms with Crippen molar-refractivity contribution in [3.8, 4) is 45.1 Å². The number of nitriles is 1. The summed E-state index contributed by atoms with van der Waals surface area (Å²) in [6.07, 6.45) is 0. The maximum Gasteiger partial charge on any atom is 0.196 e. The molecule has 0 atom stereocenters. The highest BCUT2D eigenvalue weighted by Crippen LogP contribution is 2.40. The number of benzene rings is 6. The van der Waals surface area contributed by atoms with E-state index in [1.807, 2.05) is 18.2 Å². The predicted molar refractivity (Wildman–Crippen MR) is 168 cm³/mol. The van der Waals surface area contributed by atoms with Crippen LogP contribution in [0.25, 0.3) is 65.7 Å². The molecule has 0 radical (unpaired) electrons. The SMILES string of the molecule is [C-]#[N+]c1cccc(C#N)c1-c1ccc2c(c1)c1cc(-c3ccccc3)ccc1n2-c1cccc(-c2ccccc2)c1. The number of hydrogen-bond donors (Lipinski definition) is 0. The van der Waals surface area contributed by atoms with Gasteiger partial charge in [-0.3, -0.25) is 0 Å². The normalized spacial score (nSPS) is 10.9. The van der Waals surface area contributed by atoms with Crippen LogP contribution >= 0.6 is 0 Å². The zero-order valence-electron chi connectivity index (χ0n) is 22.1. The first-order valence-electron chi connectivity index (χ1n) is 13.5. The van der Waals surface area contributed by atoms with Crippen LogP contribution in [0.4, 0.5) is 5.69 Å². The van der Waals surface area contributed by atoms with Crippen LogP contribution in [0.15, 0.2) is 140 Å². The zero-order chi connectivity index (χ0) is 27.8. The van der Waals surface area contributed by atoms with Crippen LogP contribution in [0.5, 0.6) is 0 Å². The highest BCUT2D eigenvalue weighted by atomic mass is 15.0. The fourth-order valence-electron chi connectivity index (χ4n) is 5.75. The molecule has 0 bridgehead atoms. The molecule has 0 amide bonds. The fourth-order valence-corrected chi connectivity index (χ4v) is 5.75. The number of aromatic nitrogens is 1. The van der Waals surface area contributed by atoms with Crippen molar-refractivity contribution in [2.75, 3.05) is 0 Å². The molecule has 0 fully saturated rings. The first-order valence-corrected chi connectivity index (χ1v) is 13.5. The summed E-state index contributed by atoms with van der Waals surface area (Å²) in [5.41, 5.74) is 10.4. The Morgan fingerprint density at radius 2 is 1.10 bits per heavy atom. The second-order valence-electron chi connectivity index (χ2n) is 10.0. The first-order chi connectivity index (χ1) is 20.2. The lowest BCUT2D eigenvalue weighted by molar-refractivity contribution is 1.18. The standard InChI is InChI=1S/C38H23N3/c1-40-35-17-9-15-31(25-39)38(35)30-19-21-37-34(24-30)33-23-29(27-12-6-3-7-13-27)18-20-36(33)41(37)32-16-8-14-28(22-32)26-10-4-2-5-11-26/h2-24H. The van der Waals surface area contributed by atoms with Crippen molar-refractivity contribution in [2.24, 2.45) is 0 Å². The number of fused-ring (bicyclic) bond motifs is 3. The molecule has 3 nitrogen and oxygen atoms in total. The fraction of sp³-hybridized carbons (Fsp3) is 0. The van der Waals surface area contributed by atoms with Gasteiger partial charge in [0.25, 0.3) is 0 Å². The summed E-state index contributed by atoms with van der Waals surface area (Å²) in [4.78, 5) is 3.74. The van der Waals surface area contributed by atoms with Crippen LogP contribution in [-0.4, -0.2) is 4.57 Å². The highest BCUT2D eigenvalue weighted by molar-refractivity contribution is 6.12. The van der Waals surface area contributed by atoms with Gasteiger partial charge >= 0.3 is 0 Å². The van der Waals surface area contributed by atoms with Crippen LogP contribution in [-0.2, 0) is 0 Å². The minimum atomic E-state index is 0.479. The minimum absolute atomic E-state index is 0.479. The molecule has 0 aliphatic heterocycles. The van der Waals surface area contributed by atoms with Crippen molar-refractivity contribution < 1.29 is 0 Å². The Morgan fingerprint density at radius 3 is 1.73 bits per heavy atom. The van der Waals surface area contributed by atoms with Gasteiger partial charge in [-0.15, -0.1) is 0 Å². The molecule has 6 aromatic carbocycles. The predicted octanol–water partition coefficient (Wildman–Crippen LogP) is 10.2. The van der Waals surface area contributed by atoms with E-state index in [0.29, 0.717) is 16.8 Å². The van der Waals surface area contributed by atoms with Gasteiger partial charge in [0.05, 0.1) is 23.7 Å². The van der Waals surface area contributed by atoms with Gasteiger partial charge in [-0.05, 0) is 70.3 Å². The van der Waals surface area contributed by atoms with Gasteiger partial charge in [0.1, 0.15) is 0 Å². The molecule has 41 heavy (non-hydrogen) atoms. The Kier molecular flexibility index (Phi) is 5.90. The lowest BCUT2D eigenvalue weighted by Crippen LogP contribution is -1.94. The van der Waals surface area contributed by atoms with Gasteiger partial charge in [0.15, 0.2) is 5.69 Å². The number of rotatable bonds is 4. The van der Waals surface area contributed by atoms with E-state index in [9.17, 15) is 5.26 Å². The molecule has 0 aliphatic carbocycles.